The minimum Gasteiger partial charge on any atom is -0.404 e. The summed E-state index contributed by atoms with van der Waals surface area (Å²) in [7, 11) is 0. The van der Waals surface area contributed by atoms with E-state index in [-0.39, 0.29) is 5.76 Å². The summed E-state index contributed by atoms with van der Waals surface area (Å²) in [5.41, 5.74) is 1.11. The molecule has 0 radical (unpaired) electrons. The van der Waals surface area contributed by atoms with Crippen molar-refractivity contribution in [2.24, 2.45) is 0 Å². The number of cyclic esters (lactones) is 1. The van der Waals surface area contributed by atoms with Gasteiger partial charge in [-0.15, -0.1) is 0 Å². The Bertz CT molecular complexity index is 767. The number of carbonyl (C=O) groups excluding carboxylic acids is 2. The maximum atomic E-state index is 12.3. The lowest BCUT2D eigenvalue weighted by atomic mass is 10.2. The zero-order valence-electron chi connectivity index (χ0n) is 11.1. The average molecular weight is 334 g/mol. The summed E-state index contributed by atoms with van der Waals surface area (Å²) >= 11 is 11.6. The molecule has 2 aromatic rings. The van der Waals surface area contributed by atoms with Crippen molar-refractivity contribution in [1.82, 2.24) is 0 Å². The first-order chi connectivity index (χ1) is 10.5. The molecule has 110 valence electrons. The Kier molecular flexibility index (Phi) is 3.88. The molecule has 1 aliphatic rings. The second kappa shape index (κ2) is 5.83. The quantitative estimate of drug-likeness (QED) is 0.759. The monoisotopic (exact) mass is 333 g/mol. The molecule has 1 saturated heterocycles. The summed E-state index contributed by atoms with van der Waals surface area (Å²) in [6.07, 6.45) is 0.750. The van der Waals surface area contributed by atoms with Crippen molar-refractivity contribution >= 4 is 47.0 Å². The summed E-state index contributed by atoms with van der Waals surface area (Å²) in [6, 6.07) is 13.2. The fourth-order valence-corrected chi connectivity index (χ4v) is 2.24. The first-order valence-electron chi connectivity index (χ1n) is 6.34. The molecule has 0 unspecified atom stereocenters. The van der Waals surface area contributed by atoms with Gasteiger partial charge in [-0.2, -0.15) is 0 Å². The SMILES string of the molecule is O=C1O/C(=C/c2ccc(Cl)cc2)C(=O)N1c1ccc(Cl)cc1. The van der Waals surface area contributed by atoms with Crippen LogP contribution in [0, 0.1) is 0 Å². The van der Waals surface area contributed by atoms with Crippen LogP contribution in [0.15, 0.2) is 54.3 Å². The van der Waals surface area contributed by atoms with Gasteiger partial charge in [-0.3, -0.25) is 4.79 Å². The number of carbonyl (C=O) groups is 2. The highest BCUT2D eigenvalue weighted by molar-refractivity contribution is 6.31. The summed E-state index contributed by atoms with van der Waals surface area (Å²) < 4.78 is 5.04. The minimum atomic E-state index is -0.743. The largest absolute Gasteiger partial charge is 0.427 e. The number of nitrogens with zero attached hydrogens (tertiary/aromatic N) is 1. The molecule has 2 amide bonds. The van der Waals surface area contributed by atoms with Gasteiger partial charge in [0.2, 0.25) is 0 Å². The Morgan fingerprint density at radius 1 is 0.864 bits per heavy atom. The third-order valence-electron chi connectivity index (χ3n) is 3.05. The van der Waals surface area contributed by atoms with Crippen molar-refractivity contribution in [3.63, 3.8) is 0 Å². The molecule has 0 N–H and O–H groups in total. The molecule has 0 spiro atoms. The molecule has 6 heteroatoms. The molecular weight excluding hydrogens is 325 g/mol. The number of hydrogen-bond donors (Lipinski definition) is 0. The molecule has 3 rings (SSSR count). The number of amides is 2. The molecule has 0 atom stereocenters. The van der Waals surface area contributed by atoms with Crippen LogP contribution in [0.2, 0.25) is 10.0 Å². The van der Waals surface area contributed by atoms with Crippen LogP contribution in [0.4, 0.5) is 10.5 Å². The highest BCUT2D eigenvalue weighted by atomic mass is 35.5. The highest BCUT2D eigenvalue weighted by Crippen LogP contribution is 2.27. The van der Waals surface area contributed by atoms with E-state index in [2.05, 4.69) is 0 Å². The van der Waals surface area contributed by atoms with E-state index in [4.69, 9.17) is 27.9 Å². The van der Waals surface area contributed by atoms with E-state index in [1.54, 1.807) is 48.5 Å². The fourth-order valence-electron chi connectivity index (χ4n) is 1.99. The van der Waals surface area contributed by atoms with E-state index in [9.17, 15) is 9.59 Å². The lowest BCUT2D eigenvalue weighted by Crippen LogP contribution is -2.28. The normalized spacial score (nSPS) is 16.3. The third kappa shape index (κ3) is 2.84. The zero-order chi connectivity index (χ0) is 15.7. The number of anilines is 1. The predicted molar refractivity (Wildman–Crippen MR) is 84.8 cm³/mol. The lowest BCUT2D eigenvalue weighted by molar-refractivity contribution is -0.114. The predicted octanol–water partition coefficient (Wildman–Crippen LogP) is 4.52. The van der Waals surface area contributed by atoms with Crippen molar-refractivity contribution in [3.8, 4) is 0 Å². The Labute approximate surface area is 136 Å². The van der Waals surface area contributed by atoms with Gasteiger partial charge in [0.25, 0.3) is 0 Å². The molecule has 0 aliphatic carbocycles. The van der Waals surface area contributed by atoms with E-state index in [0.29, 0.717) is 21.3 Å². The van der Waals surface area contributed by atoms with Gasteiger partial charge >= 0.3 is 12.0 Å². The van der Waals surface area contributed by atoms with E-state index in [1.165, 1.54) is 6.08 Å². The van der Waals surface area contributed by atoms with Crippen molar-refractivity contribution in [2.75, 3.05) is 4.90 Å². The molecule has 1 fully saturated rings. The standard InChI is InChI=1S/C16H9Cl2NO3/c17-11-3-1-10(2-4-11)9-14-15(20)19(16(21)22-14)13-7-5-12(18)6-8-13/h1-9H/b14-9+. The minimum absolute atomic E-state index is 0.0396. The Hall–Kier alpha value is -2.30. The topological polar surface area (TPSA) is 46.6 Å². The van der Waals surface area contributed by atoms with Gasteiger partial charge in [0, 0.05) is 10.0 Å². The molecule has 0 bridgehead atoms. The Balaban J connectivity index is 1.91. The van der Waals surface area contributed by atoms with Crippen molar-refractivity contribution < 1.29 is 14.3 Å². The van der Waals surface area contributed by atoms with Gasteiger partial charge in [0.1, 0.15) is 0 Å². The van der Waals surface area contributed by atoms with E-state index < -0.39 is 12.0 Å². The van der Waals surface area contributed by atoms with Crippen molar-refractivity contribution in [3.05, 3.63) is 69.9 Å². The first kappa shape index (κ1) is 14.6. The van der Waals surface area contributed by atoms with Crippen LogP contribution >= 0.6 is 23.2 Å². The van der Waals surface area contributed by atoms with Gasteiger partial charge in [-0.25, -0.2) is 9.69 Å². The number of hydrogen-bond acceptors (Lipinski definition) is 3. The lowest BCUT2D eigenvalue weighted by Gasteiger charge is -2.09. The Morgan fingerprint density at radius 3 is 2.00 bits per heavy atom. The van der Waals surface area contributed by atoms with Crippen LogP contribution in [0.25, 0.3) is 6.08 Å². The highest BCUT2D eigenvalue weighted by Gasteiger charge is 2.37. The van der Waals surface area contributed by atoms with Crippen LogP contribution < -0.4 is 4.90 Å². The third-order valence-corrected chi connectivity index (χ3v) is 3.55. The number of ether oxygens (including phenoxy) is 1. The number of halogens is 2. The van der Waals surface area contributed by atoms with E-state index in [1.807, 2.05) is 0 Å². The maximum absolute atomic E-state index is 12.3. The molecule has 0 aromatic heterocycles. The van der Waals surface area contributed by atoms with Gasteiger partial charge in [-0.05, 0) is 48.0 Å². The average Bonchev–Trinajstić information content (AvgIpc) is 2.77. The van der Waals surface area contributed by atoms with Crippen LogP contribution in [0.3, 0.4) is 0 Å². The maximum Gasteiger partial charge on any atom is 0.427 e. The summed E-state index contributed by atoms with van der Waals surface area (Å²) in [5.74, 6) is -0.565. The van der Waals surface area contributed by atoms with E-state index in [0.717, 1.165) is 4.90 Å². The second-order valence-corrected chi connectivity index (χ2v) is 5.42. The number of benzene rings is 2. The van der Waals surface area contributed by atoms with Gasteiger partial charge in [-0.1, -0.05) is 35.3 Å². The van der Waals surface area contributed by atoms with Crippen LogP contribution in [0.5, 0.6) is 0 Å². The fraction of sp³-hybridized carbons (Fsp3) is 0. The van der Waals surface area contributed by atoms with Gasteiger partial charge in [0.15, 0.2) is 5.76 Å². The Morgan fingerprint density at radius 2 is 1.41 bits per heavy atom. The molecule has 1 heterocycles. The second-order valence-electron chi connectivity index (χ2n) is 4.55. The number of imide groups is 1. The molecule has 2 aromatic carbocycles. The van der Waals surface area contributed by atoms with Crippen LogP contribution in [-0.4, -0.2) is 12.0 Å². The number of rotatable bonds is 2. The van der Waals surface area contributed by atoms with E-state index >= 15 is 0 Å². The van der Waals surface area contributed by atoms with Gasteiger partial charge < -0.3 is 4.74 Å². The summed E-state index contributed by atoms with van der Waals surface area (Å²) in [5, 5.41) is 1.10. The molecule has 0 saturated carbocycles. The van der Waals surface area contributed by atoms with Crippen molar-refractivity contribution in [1.29, 1.82) is 0 Å². The van der Waals surface area contributed by atoms with Crippen LogP contribution in [-0.2, 0) is 9.53 Å². The smallest absolute Gasteiger partial charge is 0.404 e. The first-order valence-corrected chi connectivity index (χ1v) is 7.09. The molecule has 22 heavy (non-hydrogen) atoms. The van der Waals surface area contributed by atoms with Crippen LogP contribution in [0.1, 0.15) is 5.56 Å². The molecular formula is C16H9Cl2NO3. The van der Waals surface area contributed by atoms with Gasteiger partial charge in [0.05, 0.1) is 5.69 Å². The zero-order valence-corrected chi connectivity index (χ0v) is 12.6. The van der Waals surface area contributed by atoms with Crippen molar-refractivity contribution in [2.45, 2.75) is 0 Å². The summed E-state index contributed by atoms with van der Waals surface area (Å²) in [6.45, 7) is 0. The summed E-state index contributed by atoms with van der Waals surface area (Å²) in [4.78, 5) is 25.2. The molecule has 4 nitrogen and oxygen atoms in total. The molecule has 1 aliphatic heterocycles.